The third-order valence-corrected chi connectivity index (χ3v) is 6.63. The van der Waals surface area contributed by atoms with Crippen molar-refractivity contribution < 1.29 is 14.3 Å². The number of hydrogen-bond acceptors (Lipinski definition) is 4. The van der Waals surface area contributed by atoms with Crippen LogP contribution < -0.4 is 15.0 Å². The van der Waals surface area contributed by atoms with Crippen LogP contribution in [0.25, 0.3) is 0 Å². The van der Waals surface area contributed by atoms with Crippen LogP contribution in [0.15, 0.2) is 72.1 Å². The molecule has 1 atom stereocenters. The third kappa shape index (κ3) is 5.63. The predicted octanol–water partition coefficient (Wildman–Crippen LogP) is 5.70. The largest absolute Gasteiger partial charge is 0.457 e. The molecular weight excluding hydrogens is 432 g/mol. The lowest BCUT2D eigenvalue weighted by Gasteiger charge is -2.31. The quantitative estimate of drug-likeness (QED) is 0.462. The van der Waals surface area contributed by atoms with Crippen molar-refractivity contribution in [2.75, 3.05) is 4.90 Å². The van der Waals surface area contributed by atoms with Crippen molar-refractivity contribution in [3.05, 3.63) is 77.0 Å². The second-order valence-corrected chi connectivity index (χ2v) is 8.97. The first-order valence-electron chi connectivity index (χ1n) is 11.1. The van der Waals surface area contributed by atoms with Crippen molar-refractivity contribution >= 4 is 28.8 Å². The Morgan fingerprint density at radius 1 is 0.970 bits per heavy atom. The highest BCUT2D eigenvalue weighted by atomic mass is 32.1. The summed E-state index contributed by atoms with van der Waals surface area (Å²) in [6.07, 6.45) is 10.8. The van der Waals surface area contributed by atoms with Crippen LogP contribution in [0, 0.1) is 12.3 Å². The molecule has 5 nitrogen and oxygen atoms in total. The fourth-order valence-electron chi connectivity index (χ4n) is 4.10. The number of carbonyl (C=O) groups excluding carboxylic acids is 2. The van der Waals surface area contributed by atoms with Gasteiger partial charge in [-0.3, -0.25) is 14.5 Å². The molecule has 4 rings (SSSR count). The molecule has 1 saturated carbocycles. The highest BCUT2D eigenvalue weighted by Gasteiger charge is 2.34. The smallest absolute Gasteiger partial charge is 0.303 e. The van der Waals surface area contributed by atoms with E-state index in [-0.39, 0.29) is 11.9 Å². The molecule has 0 aliphatic heterocycles. The number of thiophene rings is 1. The third-order valence-electron chi connectivity index (χ3n) is 5.71. The molecule has 0 bridgehead atoms. The van der Waals surface area contributed by atoms with Gasteiger partial charge in [-0.15, -0.1) is 17.8 Å². The molecule has 0 radical (unpaired) electrons. The number of para-hydroxylation sites is 1. The number of anilines is 1. The summed E-state index contributed by atoms with van der Waals surface area (Å²) in [5.41, 5.74) is 0.538. The van der Waals surface area contributed by atoms with Crippen molar-refractivity contribution in [1.82, 2.24) is 5.32 Å². The maximum Gasteiger partial charge on any atom is 0.303 e. The number of carbonyl (C=O) groups is 2. The molecule has 1 N–H and O–H groups in total. The summed E-state index contributed by atoms with van der Waals surface area (Å²) in [5, 5.41) is 5.06. The summed E-state index contributed by atoms with van der Waals surface area (Å²) >= 11 is 1.43. The minimum Gasteiger partial charge on any atom is -0.457 e. The van der Waals surface area contributed by atoms with E-state index in [0.717, 1.165) is 30.6 Å². The maximum atomic E-state index is 13.5. The fraction of sp³-hybridized carbons (Fsp3) is 0.259. The molecule has 1 aliphatic carbocycles. The molecule has 6 heteroatoms. The van der Waals surface area contributed by atoms with Gasteiger partial charge in [-0.05, 0) is 66.6 Å². The van der Waals surface area contributed by atoms with Crippen molar-refractivity contribution in [3.63, 3.8) is 0 Å². The standard InChI is InChI=1S/C27H26N2O3S/c1-2-25(30)29(21-15-17-23(18-16-21)32-22-12-7-4-8-13-22)26(24-14-9-19-33-24)27(31)28-20-10-5-3-6-11-20/h1,4,7-9,12-20,26H,3,5-6,10-11H2,(H,28,31). The van der Waals surface area contributed by atoms with Gasteiger partial charge >= 0.3 is 5.91 Å². The van der Waals surface area contributed by atoms with Gasteiger partial charge in [-0.1, -0.05) is 43.5 Å². The first kappa shape index (κ1) is 22.6. The van der Waals surface area contributed by atoms with Gasteiger partial charge in [-0.25, -0.2) is 0 Å². The molecule has 2 amide bonds. The minimum absolute atomic E-state index is 0.123. The van der Waals surface area contributed by atoms with Crippen LogP contribution >= 0.6 is 11.3 Å². The Bertz CT molecular complexity index is 1100. The molecule has 33 heavy (non-hydrogen) atoms. The zero-order chi connectivity index (χ0) is 23.0. The summed E-state index contributed by atoms with van der Waals surface area (Å²) in [7, 11) is 0. The molecule has 2 aromatic carbocycles. The number of nitrogens with zero attached hydrogens (tertiary/aromatic N) is 1. The van der Waals surface area contributed by atoms with E-state index in [1.165, 1.54) is 22.7 Å². The second kappa shape index (κ2) is 10.8. The number of rotatable bonds is 7. The van der Waals surface area contributed by atoms with Crippen molar-refractivity contribution in [2.45, 2.75) is 44.2 Å². The molecule has 3 aromatic rings. The van der Waals surface area contributed by atoms with Gasteiger partial charge in [0.1, 0.15) is 11.5 Å². The van der Waals surface area contributed by atoms with Crippen LogP contribution in [0.5, 0.6) is 11.5 Å². The first-order valence-corrected chi connectivity index (χ1v) is 12.0. The normalized spacial score (nSPS) is 14.6. The Kier molecular flexibility index (Phi) is 7.43. The van der Waals surface area contributed by atoms with E-state index in [4.69, 9.17) is 11.2 Å². The van der Waals surface area contributed by atoms with Crippen molar-refractivity contribution in [3.8, 4) is 23.8 Å². The summed E-state index contributed by atoms with van der Waals surface area (Å²) in [6, 6.07) is 19.5. The van der Waals surface area contributed by atoms with Crippen molar-refractivity contribution in [1.29, 1.82) is 0 Å². The van der Waals surface area contributed by atoms with E-state index in [9.17, 15) is 9.59 Å². The Hall–Kier alpha value is -3.56. The molecule has 168 valence electrons. The van der Waals surface area contributed by atoms with Gasteiger partial charge in [0.25, 0.3) is 0 Å². The zero-order valence-electron chi connectivity index (χ0n) is 18.3. The number of ether oxygens (including phenoxy) is 1. The summed E-state index contributed by atoms with van der Waals surface area (Å²) in [5.74, 6) is 2.76. The number of benzene rings is 2. The molecule has 0 spiro atoms. The molecule has 1 aromatic heterocycles. The number of amides is 2. The molecule has 0 saturated heterocycles. The van der Waals surface area contributed by atoms with Crippen LogP contribution in [0.2, 0.25) is 0 Å². The summed E-state index contributed by atoms with van der Waals surface area (Å²) in [6.45, 7) is 0. The Morgan fingerprint density at radius 2 is 1.67 bits per heavy atom. The Balaban J connectivity index is 1.62. The fourth-order valence-corrected chi connectivity index (χ4v) is 4.91. The minimum atomic E-state index is -0.837. The molecule has 1 heterocycles. The van der Waals surface area contributed by atoms with Gasteiger partial charge in [-0.2, -0.15) is 0 Å². The van der Waals surface area contributed by atoms with Gasteiger partial charge in [0.05, 0.1) is 0 Å². The average Bonchev–Trinajstić information content (AvgIpc) is 3.38. The molecule has 1 aliphatic rings. The topological polar surface area (TPSA) is 58.6 Å². The first-order chi connectivity index (χ1) is 16.2. The lowest BCUT2D eigenvalue weighted by atomic mass is 9.95. The second-order valence-electron chi connectivity index (χ2n) is 7.99. The van der Waals surface area contributed by atoms with Gasteiger partial charge in [0.2, 0.25) is 5.91 Å². The molecular formula is C27H26N2O3S. The van der Waals surface area contributed by atoms with E-state index in [0.29, 0.717) is 17.2 Å². The highest BCUT2D eigenvalue weighted by molar-refractivity contribution is 7.10. The summed E-state index contributed by atoms with van der Waals surface area (Å²) < 4.78 is 5.86. The average molecular weight is 459 g/mol. The lowest BCUT2D eigenvalue weighted by molar-refractivity contribution is -0.125. The van der Waals surface area contributed by atoms with Crippen molar-refractivity contribution in [2.24, 2.45) is 0 Å². The van der Waals surface area contributed by atoms with E-state index in [2.05, 4.69) is 11.2 Å². The van der Waals surface area contributed by atoms with Gasteiger partial charge < -0.3 is 10.1 Å². The lowest BCUT2D eigenvalue weighted by Crippen LogP contribution is -2.46. The van der Waals surface area contributed by atoms with E-state index in [1.807, 2.05) is 47.8 Å². The summed E-state index contributed by atoms with van der Waals surface area (Å²) in [4.78, 5) is 28.5. The predicted molar refractivity (Wildman–Crippen MR) is 131 cm³/mol. The van der Waals surface area contributed by atoms with Crippen LogP contribution in [-0.4, -0.2) is 17.9 Å². The van der Waals surface area contributed by atoms with Crippen LogP contribution in [-0.2, 0) is 9.59 Å². The Morgan fingerprint density at radius 3 is 2.30 bits per heavy atom. The van der Waals surface area contributed by atoms with Gasteiger partial charge in [0, 0.05) is 16.6 Å². The molecule has 1 unspecified atom stereocenters. The van der Waals surface area contributed by atoms with E-state index >= 15 is 0 Å². The van der Waals surface area contributed by atoms with E-state index < -0.39 is 11.9 Å². The van der Waals surface area contributed by atoms with Crippen LogP contribution in [0.4, 0.5) is 5.69 Å². The van der Waals surface area contributed by atoms with Crippen LogP contribution in [0.1, 0.15) is 43.0 Å². The maximum absolute atomic E-state index is 13.5. The highest BCUT2D eigenvalue weighted by Crippen LogP contribution is 2.33. The number of terminal acetylenes is 1. The number of hydrogen-bond donors (Lipinski definition) is 1. The van der Waals surface area contributed by atoms with Crippen LogP contribution in [0.3, 0.4) is 0 Å². The monoisotopic (exact) mass is 458 g/mol. The van der Waals surface area contributed by atoms with Gasteiger partial charge in [0.15, 0.2) is 6.04 Å². The zero-order valence-corrected chi connectivity index (χ0v) is 19.1. The van der Waals surface area contributed by atoms with E-state index in [1.54, 1.807) is 24.3 Å². The Labute approximate surface area is 198 Å². The molecule has 1 fully saturated rings. The number of nitrogens with one attached hydrogen (secondary N) is 1. The SMILES string of the molecule is C#CC(=O)N(c1ccc(Oc2ccccc2)cc1)C(C(=O)NC1CCCCC1)c1cccs1.